The normalized spacial score (nSPS) is 11.4. The van der Waals surface area contributed by atoms with Crippen molar-refractivity contribution in [3.63, 3.8) is 0 Å². The Bertz CT molecular complexity index is 2950. The fraction of sp³-hybridized carbons (Fsp3) is 0. The molecule has 59 heavy (non-hydrogen) atoms. The van der Waals surface area contributed by atoms with Gasteiger partial charge in [-0.05, 0) is 115 Å². The lowest BCUT2D eigenvalue weighted by Crippen LogP contribution is -2.74. The summed E-state index contributed by atoms with van der Waals surface area (Å²) in [6.45, 7) is 0. The molecular weight excluding hydrogens is 729 g/mol. The van der Waals surface area contributed by atoms with Crippen LogP contribution in [-0.4, -0.2) is 8.07 Å². The van der Waals surface area contributed by atoms with Crippen LogP contribution in [0.1, 0.15) is 0 Å². The molecule has 0 aliphatic heterocycles. The van der Waals surface area contributed by atoms with E-state index < -0.39 is 8.07 Å². The Morgan fingerprint density at radius 1 is 0.203 bits per heavy atom. The predicted molar refractivity (Wildman–Crippen MR) is 254 cm³/mol. The van der Waals surface area contributed by atoms with E-state index in [9.17, 15) is 0 Å². The third-order valence-electron chi connectivity index (χ3n) is 11.5. The van der Waals surface area contributed by atoms with Gasteiger partial charge in [-0.25, -0.2) is 0 Å². The maximum atomic E-state index is 2.45. The quantitative estimate of drug-likeness (QED) is 0.101. The van der Waals surface area contributed by atoms with Crippen molar-refractivity contribution >= 4 is 84.5 Å². The van der Waals surface area contributed by atoms with Crippen molar-refractivity contribution in [1.29, 1.82) is 0 Å². The number of para-hydroxylation sites is 2. The van der Waals surface area contributed by atoms with Gasteiger partial charge in [0.1, 0.15) is 0 Å². The van der Waals surface area contributed by atoms with Gasteiger partial charge >= 0.3 is 0 Å². The van der Waals surface area contributed by atoms with Crippen molar-refractivity contribution in [2.24, 2.45) is 0 Å². The molecule has 280 valence electrons. The van der Waals surface area contributed by atoms with Crippen molar-refractivity contribution in [3.8, 4) is 0 Å². The van der Waals surface area contributed by atoms with Crippen molar-refractivity contribution in [2.45, 2.75) is 0 Å². The van der Waals surface area contributed by atoms with E-state index in [1.165, 1.54) is 42.3 Å². The molecule has 0 saturated carbocycles. The summed E-state index contributed by atoms with van der Waals surface area (Å²) in [5, 5.41) is 10.2. The first-order chi connectivity index (χ1) is 29.3. The van der Waals surface area contributed by atoms with Gasteiger partial charge in [0.2, 0.25) is 0 Å². The average molecular weight is 771 g/mol. The van der Waals surface area contributed by atoms with E-state index in [1.807, 2.05) is 0 Å². The molecule has 0 bridgehead atoms. The number of benzene rings is 10. The van der Waals surface area contributed by atoms with Gasteiger partial charge < -0.3 is 9.80 Å². The molecule has 2 nitrogen and oxygen atoms in total. The van der Waals surface area contributed by atoms with Gasteiger partial charge in [-0.3, -0.25) is 0 Å². The lowest BCUT2D eigenvalue weighted by atomic mass is 10.1. The summed E-state index contributed by atoms with van der Waals surface area (Å²) in [6, 6.07) is 93.3. The average Bonchev–Trinajstić information content (AvgIpc) is 3.31. The maximum Gasteiger partial charge on any atom is 0.179 e. The fourth-order valence-electron chi connectivity index (χ4n) is 8.80. The molecule has 0 unspecified atom stereocenters. The van der Waals surface area contributed by atoms with E-state index >= 15 is 0 Å². The van der Waals surface area contributed by atoms with Crippen LogP contribution in [0.25, 0.3) is 21.5 Å². The summed E-state index contributed by atoms with van der Waals surface area (Å²) in [5.41, 5.74) is 6.71. The lowest BCUT2D eigenvalue weighted by Gasteiger charge is -2.36. The standard InChI is InChI=1S/C56H42N2Si/c1-5-22-47(23-6-1)57(51-34-32-43-18-13-15-20-45(43)40-51)49-36-38-55(39-37-49)59(53-27-9-3-10-28-53,54-29-11-4-12-30-54)56-31-17-26-50(42-56)58(48-24-7-2-8-25-48)52-35-33-44-19-14-16-21-46(44)41-52/h1-42H. The summed E-state index contributed by atoms with van der Waals surface area (Å²) in [6.07, 6.45) is 0. The summed E-state index contributed by atoms with van der Waals surface area (Å²) in [7, 11) is -2.92. The Kier molecular flexibility index (Phi) is 9.63. The third-order valence-corrected chi connectivity index (χ3v) is 16.3. The van der Waals surface area contributed by atoms with Crippen LogP contribution >= 0.6 is 0 Å². The zero-order valence-electron chi connectivity index (χ0n) is 32.6. The first-order valence-electron chi connectivity index (χ1n) is 20.3. The largest absolute Gasteiger partial charge is 0.310 e. The number of fused-ring (bicyclic) bond motifs is 2. The molecule has 0 amide bonds. The molecule has 0 atom stereocenters. The van der Waals surface area contributed by atoms with Crippen molar-refractivity contribution < 1.29 is 0 Å². The second-order valence-electron chi connectivity index (χ2n) is 15.0. The molecule has 0 radical (unpaired) electrons. The number of rotatable bonds is 10. The molecule has 0 aliphatic rings. The molecule has 0 aromatic heterocycles. The molecule has 0 heterocycles. The molecular formula is C56H42N2Si. The highest BCUT2D eigenvalue weighted by Crippen LogP contribution is 2.37. The van der Waals surface area contributed by atoms with Crippen LogP contribution in [0.15, 0.2) is 255 Å². The van der Waals surface area contributed by atoms with Gasteiger partial charge in [-0.15, -0.1) is 0 Å². The Morgan fingerprint density at radius 3 is 1.02 bits per heavy atom. The lowest BCUT2D eigenvalue weighted by molar-refractivity contribution is 1.29. The molecule has 10 aromatic rings. The van der Waals surface area contributed by atoms with Gasteiger partial charge in [0.05, 0.1) is 0 Å². The third kappa shape index (κ3) is 6.78. The second-order valence-corrected chi connectivity index (χ2v) is 18.8. The van der Waals surface area contributed by atoms with Gasteiger partial charge in [0.15, 0.2) is 8.07 Å². The van der Waals surface area contributed by atoms with Crippen LogP contribution < -0.4 is 30.5 Å². The van der Waals surface area contributed by atoms with Crippen LogP contribution in [0.5, 0.6) is 0 Å². The molecule has 3 heteroatoms. The fourth-order valence-corrected chi connectivity index (χ4v) is 13.6. The Balaban J connectivity index is 1.17. The highest BCUT2D eigenvalue weighted by Gasteiger charge is 2.42. The van der Waals surface area contributed by atoms with Crippen LogP contribution in [-0.2, 0) is 0 Å². The first-order valence-corrected chi connectivity index (χ1v) is 22.3. The van der Waals surface area contributed by atoms with E-state index in [0.29, 0.717) is 0 Å². The highest BCUT2D eigenvalue weighted by atomic mass is 28.3. The minimum Gasteiger partial charge on any atom is -0.310 e. The molecule has 0 N–H and O–H groups in total. The Hall–Kier alpha value is -7.46. The summed E-state index contributed by atoms with van der Waals surface area (Å²) in [5.74, 6) is 0. The first kappa shape index (κ1) is 35.9. The van der Waals surface area contributed by atoms with Crippen LogP contribution in [0.3, 0.4) is 0 Å². The topological polar surface area (TPSA) is 6.48 Å². The van der Waals surface area contributed by atoms with Gasteiger partial charge in [0, 0.05) is 34.1 Å². The van der Waals surface area contributed by atoms with Crippen LogP contribution in [0, 0.1) is 0 Å². The van der Waals surface area contributed by atoms with Gasteiger partial charge in [-0.2, -0.15) is 0 Å². The Labute approximate surface area is 347 Å². The minimum atomic E-state index is -2.92. The second kappa shape index (κ2) is 15.8. The van der Waals surface area contributed by atoms with E-state index in [-0.39, 0.29) is 0 Å². The molecule has 10 aromatic carbocycles. The summed E-state index contributed by atoms with van der Waals surface area (Å²) in [4.78, 5) is 4.77. The SMILES string of the molecule is c1ccc(N(c2ccc([Si](c3ccccc3)(c3ccccc3)c3cccc(N(c4ccccc4)c4ccc5ccccc5c4)c3)cc2)c2ccc3ccccc3c2)cc1. The van der Waals surface area contributed by atoms with Gasteiger partial charge in [0.25, 0.3) is 0 Å². The molecule has 10 rings (SSSR count). The summed E-state index contributed by atoms with van der Waals surface area (Å²) >= 11 is 0. The van der Waals surface area contributed by atoms with Crippen LogP contribution in [0.2, 0.25) is 0 Å². The van der Waals surface area contributed by atoms with E-state index in [4.69, 9.17) is 0 Å². The number of nitrogens with zero attached hydrogens (tertiary/aromatic N) is 2. The van der Waals surface area contributed by atoms with Crippen LogP contribution in [0.4, 0.5) is 34.1 Å². The van der Waals surface area contributed by atoms with Crippen molar-refractivity contribution in [3.05, 3.63) is 255 Å². The number of anilines is 6. The number of hydrogen-bond donors (Lipinski definition) is 0. The Morgan fingerprint density at radius 2 is 0.525 bits per heavy atom. The summed E-state index contributed by atoms with van der Waals surface area (Å²) < 4.78 is 0. The van der Waals surface area contributed by atoms with E-state index in [0.717, 1.165) is 34.1 Å². The number of hydrogen-bond acceptors (Lipinski definition) is 2. The highest BCUT2D eigenvalue weighted by molar-refractivity contribution is 7.19. The smallest absolute Gasteiger partial charge is 0.179 e. The van der Waals surface area contributed by atoms with Crippen molar-refractivity contribution in [1.82, 2.24) is 0 Å². The monoisotopic (exact) mass is 770 g/mol. The van der Waals surface area contributed by atoms with E-state index in [1.54, 1.807) is 0 Å². The van der Waals surface area contributed by atoms with Gasteiger partial charge in [-0.1, -0.05) is 182 Å². The maximum absolute atomic E-state index is 2.92. The molecule has 0 saturated heterocycles. The zero-order chi connectivity index (χ0) is 39.4. The minimum absolute atomic E-state index is 1.11. The van der Waals surface area contributed by atoms with E-state index in [2.05, 4.69) is 265 Å². The molecule has 0 aliphatic carbocycles. The zero-order valence-corrected chi connectivity index (χ0v) is 33.6. The predicted octanol–water partition coefficient (Wildman–Crippen LogP) is 12.3. The molecule has 0 spiro atoms. The van der Waals surface area contributed by atoms with Crippen molar-refractivity contribution in [2.75, 3.05) is 9.80 Å². The molecule has 0 fully saturated rings.